The summed E-state index contributed by atoms with van der Waals surface area (Å²) in [6.45, 7) is 3.02. The molecule has 1 N–H and O–H groups in total. The second-order valence-corrected chi connectivity index (χ2v) is 7.26. The summed E-state index contributed by atoms with van der Waals surface area (Å²) in [6.07, 6.45) is 1.10. The minimum absolute atomic E-state index is 0.0329. The van der Waals surface area contributed by atoms with Crippen molar-refractivity contribution in [1.82, 2.24) is 9.80 Å². The van der Waals surface area contributed by atoms with Crippen LogP contribution in [0.3, 0.4) is 0 Å². The van der Waals surface area contributed by atoms with Crippen molar-refractivity contribution in [2.75, 3.05) is 52.3 Å². The van der Waals surface area contributed by atoms with Gasteiger partial charge in [0.15, 0.2) is 11.5 Å². The summed E-state index contributed by atoms with van der Waals surface area (Å²) in [5.41, 5.74) is 1.84. The third kappa shape index (κ3) is 5.97. The predicted molar refractivity (Wildman–Crippen MR) is 116 cm³/mol. The summed E-state index contributed by atoms with van der Waals surface area (Å²) in [5.74, 6) is 1.46. The van der Waals surface area contributed by atoms with Crippen LogP contribution in [0.1, 0.15) is 12.0 Å². The maximum absolute atomic E-state index is 12.6. The number of aryl methyl sites for hydroxylation is 1. The van der Waals surface area contributed by atoms with Crippen LogP contribution in [0, 0.1) is 0 Å². The van der Waals surface area contributed by atoms with E-state index in [4.69, 9.17) is 9.47 Å². The Bertz CT molecular complexity index is 849. The van der Waals surface area contributed by atoms with Gasteiger partial charge in [-0.3, -0.25) is 14.5 Å². The van der Waals surface area contributed by atoms with E-state index in [0.717, 1.165) is 11.3 Å². The lowest BCUT2D eigenvalue weighted by Gasteiger charge is -2.34. The zero-order valence-corrected chi connectivity index (χ0v) is 17.6. The fourth-order valence-corrected chi connectivity index (χ4v) is 3.53. The fourth-order valence-electron chi connectivity index (χ4n) is 3.53. The van der Waals surface area contributed by atoms with E-state index in [2.05, 4.69) is 10.2 Å². The first-order chi connectivity index (χ1) is 14.6. The Morgan fingerprint density at radius 2 is 1.63 bits per heavy atom. The molecule has 1 saturated heterocycles. The van der Waals surface area contributed by atoms with Gasteiger partial charge in [-0.15, -0.1) is 0 Å². The van der Waals surface area contributed by atoms with Gasteiger partial charge in [0.05, 0.1) is 20.8 Å². The first-order valence-electron chi connectivity index (χ1n) is 10.1. The van der Waals surface area contributed by atoms with Gasteiger partial charge in [0, 0.05) is 38.3 Å². The molecule has 0 atom stereocenters. The normalized spacial score (nSPS) is 14.3. The van der Waals surface area contributed by atoms with Crippen LogP contribution in [0.5, 0.6) is 11.5 Å². The zero-order chi connectivity index (χ0) is 21.3. The number of amides is 2. The van der Waals surface area contributed by atoms with E-state index < -0.39 is 0 Å². The van der Waals surface area contributed by atoms with E-state index in [1.807, 2.05) is 53.4 Å². The molecule has 160 valence electrons. The number of rotatable bonds is 8. The maximum atomic E-state index is 12.6. The van der Waals surface area contributed by atoms with E-state index in [0.29, 0.717) is 57.1 Å². The van der Waals surface area contributed by atoms with E-state index in [-0.39, 0.29) is 11.8 Å². The van der Waals surface area contributed by atoms with Crippen molar-refractivity contribution < 1.29 is 19.1 Å². The standard InChI is InChI=1S/C23H29N3O4/c1-29-20-10-8-18(16-21(20)30-2)9-11-23(28)26-14-12-25(13-15-26)17-22(27)24-19-6-4-3-5-7-19/h3-8,10,16H,9,11-15,17H2,1-2H3,(H,24,27). The Kier molecular flexibility index (Phi) is 7.68. The summed E-state index contributed by atoms with van der Waals surface area (Å²) in [6, 6.07) is 15.2. The van der Waals surface area contributed by atoms with Crippen LogP contribution >= 0.6 is 0 Å². The van der Waals surface area contributed by atoms with Gasteiger partial charge in [-0.2, -0.15) is 0 Å². The average Bonchev–Trinajstić information content (AvgIpc) is 2.78. The lowest BCUT2D eigenvalue weighted by molar-refractivity contribution is -0.133. The molecule has 7 heteroatoms. The monoisotopic (exact) mass is 411 g/mol. The molecule has 0 aliphatic carbocycles. The quantitative estimate of drug-likeness (QED) is 0.722. The highest BCUT2D eigenvalue weighted by molar-refractivity contribution is 5.92. The molecule has 3 rings (SSSR count). The second-order valence-electron chi connectivity index (χ2n) is 7.26. The molecule has 30 heavy (non-hydrogen) atoms. The highest BCUT2D eigenvalue weighted by Crippen LogP contribution is 2.28. The molecular formula is C23H29N3O4. The van der Waals surface area contributed by atoms with E-state index in [9.17, 15) is 9.59 Å². The maximum Gasteiger partial charge on any atom is 0.238 e. The molecule has 0 aromatic heterocycles. The minimum atomic E-state index is -0.0329. The number of nitrogens with one attached hydrogen (secondary N) is 1. The summed E-state index contributed by atoms with van der Waals surface area (Å²) in [7, 11) is 3.21. The van der Waals surface area contributed by atoms with Crippen LogP contribution in [-0.4, -0.2) is 68.6 Å². The van der Waals surface area contributed by atoms with Crippen LogP contribution in [0.2, 0.25) is 0 Å². The molecule has 0 bridgehead atoms. The van der Waals surface area contributed by atoms with Crippen LogP contribution in [0.4, 0.5) is 5.69 Å². The van der Waals surface area contributed by atoms with Crippen LogP contribution in [-0.2, 0) is 16.0 Å². The summed E-state index contributed by atoms with van der Waals surface area (Å²) >= 11 is 0. The van der Waals surface area contributed by atoms with Gasteiger partial charge in [0.2, 0.25) is 11.8 Å². The van der Waals surface area contributed by atoms with E-state index >= 15 is 0 Å². The number of carbonyl (C=O) groups is 2. The van der Waals surface area contributed by atoms with Crippen LogP contribution < -0.4 is 14.8 Å². The Hall–Kier alpha value is -3.06. The van der Waals surface area contributed by atoms with Crippen LogP contribution in [0.15, 0.2) is 48.5 Å². The third-order valence-electron chi connectivity index (χ3n) is 5.23. The molecule has 1 fully saturated rings. The highest BCUT2D eigenvalue weighted by Gasteiger charge is 2.22. The largest absolute Gasteiger partial charge is 0.493 e. The minimum Gasteiger partial charge on any atom is -0.493 e. The molecule has 1 aliphatic heterocycles. The summed E-state index contributed by atoms with van der Waals surface area (Å²) in [5, 5.41) is 2.90. The molecule has 0 saturated carbocycles. The number of ether oxygens (including phenoxy) is 2. The van der Waals surface area contributed by atoms with Crippen molar-refractivity contribution >= 4 is 17.5 Å². The van der Waals surface area contributed by atoms with E-state index in [1.54, 1.807) is 14.2 Å². The molecule has 2 aromatic rings. The van der Waals surface area contributed by atoms with Gasteiger partial charge in [0.25, 0.3) is 0 Å². The van der Waals surface area contributed by atoms with Gasteiger partial charge in [-0.05, 0) is 36.2 Å². The molecule has 7 nitrogen and oxygen atoms in total. The number of hydrogen-bond donors (Lipinski definition) is 1. The first-order valence-corrected chi connectivity index (χ1v) is 10.1. The molecule has 0 radical (unpaired) electrons. The van der Waals surface area contributed by atoms with Gasteiger partial charge in [0.1, 0.15) is 0 Å². The topological polar surface area (TPSA) is 71.1 Å². The second kappa shape index (κ2) is 10.6. The Balaban J connectivity index is 1.41. The fraction of sp³-hybridized carbons (Fsp3) is 0.391. The van der Waals surface area contributed by atoms with Gasteiger partial charge < -0.3 is 19.7 Å². The summed E-state index contributed by atoms with van der Waals surface area (Å²) in [4.78, 5) is 28.8. The Morgan fingerprint density at radius 1 is 0.933 bits per heavy atom. The van der Waals surface area contributed by atoms with Gasteiger partial charge in [-0.1, -0.05) is 24.3 Å². The number of benzene rings is 2. The lowest BCUT2D eigenvalue weighted by atomic mass is 10.1. The van der Waals surface area contributed by atoms with E-state index in [1.165, 1.54) is 0 Å². The van der Waals surface area contributed by atoms with Gasteiger partial charge in [-0.25, -0.2) is 0 Å². The molecule has 0 spiro atoms. The van der Waals surface area contributed by atoms with Crippen molar-refractivity contribution in [1.29, 1.82) is 0 Å². The predicted octanol–water partition coefficient (Wildman–Crippen LogP) is 2.42. The number of nitrogens with zero attached hydrogens (tertiary/aromatic N) is 2. The molecule has 2 aromatic carbocycles. The lowest BCUT2D eigenvalue weighted by Crippen LogP contribution is -2.50. The molecule has 0 unspecified atom stereocenters. The van der Waals surface area contributed by atoms with Crippen molar-refractivity contribution in [3.63, 3.8) is 0 Å². The number of carbonyl (C=O) groups excluding carboxylic acids is 2. The molecule has 2 amide bonds. The van der Waals surface area contributed by atoms with Crippen molar-refractivity contribution in [2.45, 2.75) is 12.8 Å². The number of anilines is 1. The number of hydrogen-bond acceptors (Lipinski definition) is 5. The summed E-state index contributed by atoms with van der Waals surface area (Å²) < 4.78 is 10.6. The number of para-hydroxylation sites is 1. The average molecular weight is 412 g/mol. The highest BCUT2D eigenvalue weighted by atomic mass is 16.5. The molecule has 1 heterocycles. The van der Waals surface area contributed by atoms with Crippen LogP contribution in [0.25, 0.3) is 0 Å². The Morgan fingerprint density at radius 3 is 2.30 bits per heavy atom. The molecular weight excluding hydrogens is 382 g/mol. The SMILES string of the molecule is COc1ccc(CCC(=O)N2CCN(CC(=O)Nc3ccccc3)CC2)cc1OC. The number of piperazine rings is 1. The van der Waals surface area contributed by atoms with Crippen molar-refractivity contribution in [2.24, 2.45) is 0 Å². The van der Waals surface area contributed by atoms with Crippen molar-refractivity contribution in [3.8, 4) is 11.5 Å². The first kappa shape index (κ1) is 21.6. The third-order valence-corrected chi connectivity index (χ3v) is 5.23. The van der Waals surface area contributed by atoms with Gasteiger partial charge >= 0.3 is 0 Å². The smallest absolute Gasteiger partial charge is 0.238 e. The Labute approximate surface area is 177 Å². The number of methoxy groups -OCH3 is 2. The zero-order valence-electron chi connectivity index (χ0n) is 17.6. The van der Waals surface area contributed by atoms with Crippen molar-refractivity contribution in [3.05, 3.63) is 54.1 Å². The molecule has 1 aliphatic rings.